The van der Waals surface area contributed by atoms with Crippen LogP contribution in [-0.4, -0.2) is 12.5 Å². The van der Waals surface area contributed by atoms with Crippen LogP contribution < -0.4 is 5.32 Å². The molecule has 3 heteroatoms. The summed E-state index contributed by atoms with van der Waals surface area (Å²) in [6.07, 6.45) is 4.84. The van der Waals surface area contributed by atoms with E-state index >= 15 is 0 Å². The highest BCUT2D eigenvalue weighted by atomic mass is 16.1. The summed E-state index contributed by atoms with van der Waals surface area (Å²) in [5, 5.41) is 10.4. The fourth-order valence-corrected chi connectivity index (χ4v) is 0.289. The van der Waals surface area contributed by atoms with Crippen molar-refractivity contribution in [3.05, 3.63) is 12.2 Å². The van der Waals surface area contributed by atoms with Crippen LogP contribution in [0.3, 0.4) is 0 Å². The maximum absolute atomic E-state index is 10.6. The molecule has 0 aromatic heterocycles. The number of carbonyl (C=O) groups excluding carboxylic acids is 1. The van der Waals surface area contributed by atoms with E-state index in [0.717, 1.165) is 0 Å². The van der Waals surface area contributed by atoms with Crippen molar-refractivity contribution in [2.24, 2.45) is 0 Å². The number of nitriles is 1. The van der Waals surface area contributed by atoms with Gasteiger partial charge in [-0.3, -0.25) is 4.79 Å². The van der Waals surface area contributed by atoms with E-state index < -0.39 is 5.91 Å². The van der Waals surface area contributed by atoms with E-state index in [1.54, 1.807) is 6.07 Å². The summed E-state index contributed by atoms with van der Waals surface area (Å²) in [5.41, 5.74) is -0.129. The van der Waals surface area contributed by atoms with E-state index in [-0.39, 0.29) is 12.1 Å². The third kappa shape index (κ3) is 2.54. The van der Waals surface area contributed by atoms with Gasteiger partial charge in [0.05, 0.1) is 6.54 Å². The molecule has 1 N–H and O–H groups in total. The van der Waals surface area contributed by atoms with Gasteiger partial charge in [-0.2, -0.15) is 5.26 Å². The summed E-state index contributed by atoms with van der Waals surface area (Å²) < 4.78 is 0. The molecule has 0 spiro atoms. The van der Waals surface area contributed by atoms with E-state index in [4.69, 9.17) is 11.7 Å². The van der Waals surface area contributed by atoms with Gasteiger partial charge < -0.3 is 5.32 Å². The van der Waals surface area contributed by atoms with Gasteiger partial charge >= 0.3 is 0 Å². The third-order valence-electron chi connectivity index (χ3n) is 0.760. The molecule has 0 fully saturated rings. The van der Waals surface area contributed by atoms with Crippen LogP contribution in [-0.2, 0) is 4.79 Å². The van der Waals surface area contributed by atoms with Crippen molar-refractivity contribution in [1.29, 1.82) is 5.26 Å². The first-order chi connectivity index (χ1) is 4.72. The number of nitrogens with zero attached hydrogens (tertiary/aromatic N) is 1. The van der Waals surface area contributed by atoms with Crippen LogP contribution in [0, 0.1) is 23.7 Å². The summed E-state index contributed by atoms with van der Waals surface area (Å²) in [7, 11) is 0. The average molecular weight is 134 g/mol. The quantitative estimate of drug-likeness (QED) is 0.323. The molecular formula is C7H6N2O. The van der Waals surface area contributed by atoms with Crippen molar-refractivity contribution in [3.8, 4) is 18.4 Å². The van der Waals surface area contributed by atoms with Gasteiger partial charge in [0, 0.05) is 0 Å². The molecule has 0 saturated carbocycles. The van der Waals surface area contributed by atoms with Gasteiger partial charge in [-0.05, 0) is 0 Å². The summed E-state index contributed by atoms with van der Waals surface area (Å²) in [4.78, 5) is 10.6. The molecule has 0 aromatic carbocycles. The average Bonchev–Trinajstić information content (AvgIpc) is 1.98. The topological polar surface area (TPSA) is 52.9 Å². The molecule has 0 aliphatic heterocycles. The van der Waals surface area contributed by atoms with Crippen molar-refractivity contribution in [1.82, 2.24) is 5.32 Å². The van der Waals surface area contributed by atoms with Crippen LogP contribution in [0.1, 0.15) is 0 Å². The zero-order valence-electron chi connectivity index (χ0n) is 5.35. The maximum Gasteiger partial charge on any atom is 0.262 e. The maximum atomic E-state index is 10.6. The second-order valence-corrected chi connectivity index (χ2v) is 1.48. The molecule has 0 radical (unpaired) electrons. The normalized spacial score (nSPS) is 7.00. The van der Waals surface area contributed by atoms with Crippen molar-refractivity contribution >= 4 is 5.91 Å². The molecule has 0 aliphatic carbocycles. The third-order valence-corrected chi connectivity index (χ3v) is 0.760. The minimum atomic E-state index is -0.513. The summed E-state index contributed by atoms with van der Waals surface area (Å²) in [6.45, 7) is 3.31. The van der Waals surface area contributed by atoms with E-state index in [1.807, 2.05) is 0 Å². The van der Waals surface area contributed by atoms with Gasteiger partial charge in [0.25, 0.3) is 5.91 Å². The number of nitrogens with one attached hydrogen (secondary N) is 1. The highest BCUT2D eigenvalue weighted by Crippen LogP contribution is 1.83. The first kappa shape index (κ1) is 8.26. The molecule has 0 unspecified atom stereocenters. The molecule has 0 atom stereocenters. The fourth-order valence-electron chi connectivity index (χ4n) is 0.289. The lowest BCUT2D eigenvalue weighted by Crippen LogP contribution is -2.24. The number of hydrogen-bond donors (Lipinski definition) is 1. The molecule has 50 valence electrons. The predicted octanol–water partition coefficient (Wildman–Crippen LogP) is -0.184. The molecule has 10 heavy (non-hydrogen) atoms. The summed E-state index contributed by atoms with van der Waals surface area (Å²) in [5.74, 6) is 1.68. The SMILES string of the molecule is C#CCNC(=O)C(=C)C#N. The Kier molecular flexibility index (Phi) is 3.44. The first-order valence-corrected chi connectivity index (χ1v) is 2.53. The van der Waals surface area contributed by atoms with Crippen molar-refractivity contribution < 1.29 is 4.79 Å². The van der Waals surface area contributed by atoms with Gasteiger partial charge in [-0.25, -0.2) is 0 Å². The Morgan fingerprint density at radius 2 is 2.40 bits per heavy atom. The zero-order valence-corrected chi connectivity index (χ0v) is 5.35. The monoisotopic (exact) mass is 134 g/mol. The standard InChI is InChI=1S/C7H6N2O/c1-3-4-9-7(10)6(2)5-8/h1H,2,4H2,(H,9,10). The van der Waals surface area contributed by atoms with Gasteiger partial charge in [-0.15, -0.1) is 6.42 Å². The van der Waals surface area contributed by atoms with Crippen LogP contribution in [0.15, 0.2) is 12.2 Å². The molecule has 0 aliphatic rings. The minimum Gasteiger partial charge on any atom is -0.341 e. The predicted molar refractivity (Wildman–Crippen MR) is 36.6 cm³/mol. The van der Waals surface area contributed by atoms with Crippen molar-refractivity contribution in [2.45, 2.75) is 0 Å². The Bertz CT molecular complexity index is 229. The fraction of sp³-hybridized carbons (Fsp3) is 0.143. The molecule has 0 saturated heterocycles. The second kappa shape index (κ2) is 4.17. The number of terminal acetylenes is 1. The lowest BCUT2D eigenvalue weighted by molar-refractivity contribution is -0.116. The Morgan fingerprint density at radius 1 is 1.80 bits per heavy atom. The number of rotatable bonds is 2. The highest BCUT2D eigenvalue weighted by molar-refractivity contribution is 5.96. The Morgan fingerprint density at radius 3 is 2.80 bits per heavy atom. The molecule has 1 amide bonds. The van der Waals surface area contributed by atoms with Crippen molar-refractivity contribution in [3.63, 3.8) is 0 Å². The number of amides is 1. The van der Waals surface area contributed by atoms with Crippen LogP contribution >= 0.6 is 0 Å². The van der Waals surface area contributed by atoms with Crippen LogP contribution in [0.25, 0.3) is 0 Å². The second-order valence-electron chi connectivity index (χ2n) is 1.48. The first-order valence-electron chi connectivity index (χ1n) is 2.53. The molecule has 0 bridgehead atoms. The van der Waals surface area contributed by atoms with E-state index in [0.29, 0.717) is 0 Å². The zero-order chi connectivity index (χ0) is 7.98. The van der Waals surface area contributed by atoms with Gasteiger partial charge in [0.1, 0.15) is 11.6 Å². The van der Waals surface area contributed by atoms with E-state index in [2.05, 4.69) is 17.8 Å². The number of carbonyl (C=O) groups is 1. The Balaban J connectivity index is 3.80. The Hall–Kier alpha value is -1.74. The van der Waals surface area contributed by atoms with Crippen LogP contribution in [0.4, 0.5) is 0 Å². The van der Waals surface area contributed by atoms with Gasteiger partial charge in [0.2, 0.25) is 0 Å². The lowest BCUT2D eigenvalue weighted by Gasteiger charge is -1.94. The summed E-state index contributed by atoms with van der Waals surface area (Å²) in [6, 6.07) is 1.60. The number of hydrogen-bond acceptors (Lipinski definition) is 2. The smallest absolute Gasteiger partial charge is 0.262 e. The minimum absolute atomic E-state index is 0.125. The molecular weight excluding hydrogens is 128 g/mol. The largest absolute Gasteiger partial charge is 0.341 e. The molecule has 3 nitrogen and oxygen atoms in total. The summed E-state index contributed by atoms with van der Waals surface area (Å²) >= 11 is 0. The molecule has 0 rings (SSSR count). The highest BCUT2D eigenvalue weighted by Gasteiger charge is 2.01. The lowest BCUT2D eigenvalue weighted by atomic mass is 10.3. The van der Waals surface area contributed by atoms with Crippen molar-refractivity contribution in [2.75, 3.05) is 6.54 Å². The molecule has 0 heterocycles. The van der Waals surface area contributed by atoms with Gasteiger partial charge in [0.15, 0.2) is 0 Å². The van der Waals surface area contributed by atoms with Gasteiger partial charge in [-0.1, -0.05) is 12.5 Å². The van der Waals surface area contributed by atoms with Crippen LogP contribution in [0.2, 0.25) is 0 Å². The Labute approximate surface area is 59.3 Å². The van der Waals surface area contributed by atoms with Crippen LogP contribution in [0.5, 0.6) is 0 Å². The van der Waals surface area contributed by atoms with E-state index in [1.165, 1.54) is 0 Å². The van der Waals surface area contributed by atoms with E-state index in [9.17, 15) is 4.79 Å². The molecule has 0 aromatic rings.